The molecule has 2 aromatic rings. The van der Waals surface area contributed by atoms with E-state index in [1.165, 1.54) is 5.56 Å². The molecule has 2 N–H and O–H groups in total. The lowest BCUT2D eigenvalue weighted by Gasteiger charge is -2.07. The highest BCUT2D eigenvalue weighted by molar-refractivity contribution is 9.10. The molecule has 0 saturated heterocycles. The molecule has 1 heterocycles. The molecule has 0 atom stereocenters. The highest BCUT2D eigenvalue weighted by Crippen LogP contribution is 2.20. The molecule has 0 fully saturated rings. The number of aromatic nitrogens is 2. The molecular formula is C14H15BrN4. The van der Waals surface area contributed by atoms with Crippen LogP contribution in [0.1, 0.15) is 23.2 Å². The third kappa shape index (κ3) is 3.58. The zero-order valence-corrected chi connectivity index (χ0v) is 12.3. The van der Waals surface area contributed by atoms with E-state index in [4.69, 9.17) is 5.26 Å². The van der Waals surface area contributed by atoms with Crippen molar-refractivity contribution in [1.82, 2.24) is 10.2 Å². The van der Waals surface area contributed by atoms with Crippen molar-refractivity contribution in [2.24, 2.45) is 0 Å². The van der Waals surface area contributed by atoms with E-state index in [-0.39, 0.29) is 0 Å². The maximum atomic E-state index is 8.85. The van der Waals surface area contributed by atoms with Crippen LogP contribution in [0.15, 0.2) is 28.9 Å². The first kappa shape index (κ1) is 13.6. The number of H-pyrrole nitrogens is 1. The number of nitrogens with zero attached hydrogens (tertiary/aromatic N) is 2. The standard InChI is InChI=1S/C14H15BrN4/c1-10-12(9-18-19-10)3-2-6-17-13-5-4-11(8-16)14(15)7-13/h4-5,7,9,17H,2-3,6H2,1H3,(H,18,19). The highest BCUT2D eigenvalue weighted by Gasteiger charge is 2.02. The van der Waals surface area contributed by atoms with E-state index in [0.29, 0.717) is 5.56 Å². The quantitative estimate of drug-likeness (QED) is 0.830. The smallest absolute Gasteiger partial charge is 0.100 e. The van der Waals surface area contributed by atoms with Gasteiger partial charge in [0.2, 0.25) is 0 Å². The topological polar surface area (TPSA) is 64.5 Å². The van der Waals surface area contributed by atoms with E-state index in [1.807, 2.05) is 31.3 Å². The summed E-state index contributed by atoms with van der Waals surface area (Å²) in [5, 5.41) is 19.1. The van der Waals surface area contributed by atoms with Crippen molar-refractivity contribution in [3.8, 4) is 6.07 Å². The minimum absolute atomic E-state index is 0.652. The summed E-state index contributed by atoms with van der Waals surface area (Å²) in [6.07, 6.45) is 3.93. The lowest BCUT2D eigenvalue weighted by Crippen LogP contribution is -2.03. The van der Waals surface area contributed by atoms with Crippen molar-refractivity contribution >= 4 is 21.6 Å². The SMILES string of the molecule is Cc1[nH]ncc1CCCNc1ccc(C#N)c(Br)c1. The number of rotatable bonds is 5. The maximum absolute atomic E-state index is 8.85. The largest absolute Gasteiger partial charge is 0.385 e. The third-order valence-corrected chi connectivity index (χ3v) is 3.63. The zero-order valence-electron chi connectivity index (χ0n) is 10.7. The Morgan fingerprint density at radius 3 is 2.95 bits per heavy atom. The number of aromatic amines is 1. The van der Waals surface area contributed by atoms with E-state index >= 15 is 0 Å². The van der Waals surface area contributed by atoms with Crippen LogP contribution >= 0.6 is 15.9 Å². The van der Waals surface area contributed by atoms with E-state index in [1.54, 1.807) is 0 Å². The van der Waals surface area contributed by atoms with Gasteiger partial charge in [-0.05, 0) is 59.5 Å². The van der Waals surface area contributed by atoms with Gasteiger partial charge in [0.25, 0.3) is 0 Å². The van der Waals surface area contributed by atoms with Crippen LogP contribution in [0.2, 0.25) is 0 Å². The first-order valence-electron chi connectivity index (χ1n) is 6.13. The molecule has 98 valence electrons. The summed E-state index contributed by atoms with van der Waals surface area (Å²) < 4.78 is 0.825. The van der Waals surface area contributed by atoms with Gasteiger partial charge >= 0.3 is 0 Å². The second-order valence-corrected chi connectivity index (χ2v) is 5.21. The van der Waals surface area contributed by atoms with Gasteiger partial charge in [0.15, 0.2) is 0 Å². The van der Waals surface area contributed by atoms with Gasteiger partial charge in [0.05, 0.1) is 11.8 Å². The molecule has 0 unspecified atom stereocenters. The average Bonchev–Trinajstić information content (AvgIpc) is 2.80. The van der Waals surface area contributed by atoms with Crippen molar-refractivity contribution < 1.29 is 0 Å². The summed E-state index contributed by atoms with van der Waals surface area (Å²) in [5.41, 5.74) is 4.08. The Hall–Kier alpha value is -1.80. The van der Waals surface area contributed by atoms with Gasteiger partial charge < -0.3 is 5.32 Å². The van der Waals surface area contributed by atoms with Crippen LogP contribution in [-0.4, -0.2) is 16.7 Å². The molecule has 4 nitrogen and oxygen atoms in total. The normalized spacial score (nSPS) is 10.2. The van der Waals surface area contributed by atoms with Gasteiger partial charge in [0.1, 0.15) is 6.07 Å². The van der Waals surface area contributed by atoms with Crippen LogP contribution in [0.5, 0.6) is 0 Å². The summed E-state index contributed by atoms with van der Waals surface area (Å²) in [7, 11) is 0. The second-order valence-electron chi connectivity index (χ2n) is 4.36. The van der Waals surface area contributed by atoms with Crippen LogP contribution in [-0.2, 0) is 6.42 Å². The predicted octanol–water partition coefficient (Wildman–Crippen LogP) is 3.40. The van der Waals surface area contributed by atoms with Crippen LogP contribution < -0.4 is 5.32 Å². The van der Waals surface area contributed by atoms with Crippen molar-refractivity contribution in [3.63, 3.8) is 0 Å². The lowest BCUT2D eigenvalue weighted by molar-refractivity contribution is 0.857. The predicted molar refractivity (Wildman–Crippen MR) is 79.0 cm³/mol. The summed E-state index contributed by atoms with van der Waals surface area (Å²) >= 11 is 3.38. The number of nitrogens with one attached hydrogen (secondary N) is 2. The van der Waals surface area contributed by atoms with Crippen molar-refractivity contribution in [1.29, 1.82) is 5.26 Å². The van der Waals surface area contributed by atoms with Crippen LogP contribution in [0.4, 0.5) is 5.69 Å². The van der Waals surface area contributed by atoms with Crippen LogP contribution in [0.3, 0.4) is 0 Å². The fraction of sp³-hybridized carbons (Fsp3) is 0.286. The summed E-state index contributed by atoms with van der Waals surface area (Å²) in [4.78, 5) is 0. The number of aryl methyl sites for hydroxylation is 2. The number of anilines is 1. The molecule has 2 rings (SSSR count). The number of halogens is 1. The molecule has 0 saturated carbocycles. The Morgan fingerprint density at radius 2 is 2.32 bits per heavy atom. The summed E-state index contributed by atoms with van der Waals surface area (Å²) in [6.45, 7) is 2.93. The summed E-state index contributed by atoms with van der Waals surface area (Å²) in [6, 6.07) is 7.80. The van der Waals surface area contributed by atoms with E-state index < -0.39 is 0 Å². The van der Waals surface area contributed by atoms with E-state index in [0.717, 1.165) is 35.2 Å². The molecule has 5 heteroatoms. The Bertz CT molecular complexity index is 598. The highest BCUT2D eigenvalue weighted by atomic mass is 79.9. The number of hydrogen-bond donors (Lipinski definition) is 2. The number of benzene rings is 1. The van der Waals surface area contributed by atoms with Crippen molar-refractivity contribution in [2.75, 3.05) is 11.9 Å². The van der Waals surface area contributed by atoms with Gasteiger partial charge in [-0.1, -0.05) is 0 Å². The molecule has 19 heavy (non-hydrogen) atoms. The first-order chi connectivity index (χ1) is 9.20. The third-order valence-electron chi connectivity index (χ3n) is 2.98. The number of hydrogen-bond acceptors (Lipinski definition) is 3. The van der Waals surface area contributed by atoms with Crippen molar-refractivity contribution in [2.45, 2.75) is 19.8 Å². The lowest BCUT2D eigenvalue weighted by atomic mass is 10.1. The summed E-state index contributed by atoms with van der Waals surface area (Å²) in [5.74, 6) is 0. The van der Waals surface area contributed by atoms with Gasteiger partial charge in [0, 0.05) is 22.4 Å². The Morgan fingerprint density at radius 1 is 1.47 bits per heavy atom. The van der Waals surface area contributed by atoms with Gasteiger partial charge in [-0.25, -0.2) is 0 Å². The first-order valence-corrected chi connectivity index (χ1v) is 6.92. The average molecular weight is 319 g/mol. The molecule has 0 spiro atoms. The second kappa shape index (κ2) is 6.39. The molecule has 0 amide bonds. The van der Waals surface area contributed by atoms with Gasteiger partial charge in [-0.2, -0.15) is 10.4 Å². The Labute approximate surface area is 121 Å². The molecule has 0 bridgehead atoms. The molecule has 0 radical (unpaired) electrons. The van der Waals surface area contributed by atoms with E-state index in [9.17, 15) is 0 Å². The van der Waals surface area contributed by atoms with Crippen molar-refractivity contribution in [3.05, 3.63) is 45.7 Å². The molecule has 0 aliphatic rings. The monoisotopic (exact) mass is 318 g/mol. The number of nitriles is 1. The maximum Gasteiger partial charge on any atom is 0.100 e. The van der Waals surface area contributed by atoms with Crippen LogP contribution in [0, 0.1) is 18.3 Å². The Balaban J connectivity index is 1.82. The van der Waals surface area contributed by atoms with E-state index in [2.05, 4.69) is 37.5 Å². The minimum atomic E-state index is 0.652. The molecular weight excluding hydrogens is 304 g/mol. The Kier molecular flexibility index (Phi) is 4.58. The zero-order chi connectivity index (χ0) is 13.7. The fourth-order valence-corrected chi connectivity index (χ4v) is 2.32. The minimum Gasteiger partial charge on any atom is -0.385 e. The fourth-order valence-electron chi connectivity index (χ4n) is 1.85. The van der Waals surface area contributed by atoms with Crippen LogP contribution in [0.25, 0.3) is 0 Å². The molecule has 0 aliphatic carbocycles. The van der Waals surface area contributed by atoms with Gasteiger partial charge in [-0.15, -0.1) is 0 Å². The molecule has 0 aliphatic heterocycles. The van der Waals surface area contributed by atoms with Gasteiger partial charge in [-0.3, -0.25) is 5.10 Å². The molecule has 1 aromatic heterocycles. The molecule has 1 aromatic carbocycles.